The van der Waals surface area contributed by atoms with Gasteiger partial charge >= 0.3 is 0 Å². The van der Waals surface area contributed by atoms with Gasteiger partial charge in [-0.05, 0) is 15.4 Å². The molecule has 0 spiro atoms. The minimum absolute atomic E-state index is 0.0481. The Labute approximate surface area is 260 Å². The third kappa shape index (κ3) is 15.2. The van der Waals surface area contributed by atoms with Crippen molar-refractivity contribution in [2.75, 3.05) is 113 Å². The Balaban J connectivity index is 1.45. The zero-order valence-electron chi connectivity index (χ0n) is 26.8. The molecule has 0 N–H and O–H groups in total. The van der Waals surface area contributed by atoms with Gasteiger partial charge in [-0.15, -0.1) is 0 Å². The van der Waals surface area contributed by atoms with Crippen molar-refractivity contribution in [1.82, 2.24) is 0 Å². The topological polar surface area (TPSA) is 83.1 Å². The lowest BCUT2D eigenvalue weighted by Crippen LogP contribution is -2.66. The second-order valence-electron chi connectivity index (χ2n) is 10.8. The van der Waals surface area contributed by atoms with Crippen molar-refractivity contribution in [1.29, 1.82) is 0 Å². The first-order chi connectivity index (χ1) is 21.0. The van der Waals surface area contributed by atoms with E-state index >= 15 is 0 Å². The monoisotopic (exact) mass is 622 g/mol. The molecule has 10 heteroatoms. The Bertz CT molecular complexity index is 857. The van der Waals surface area contributed by atoms with Crippen LogP contribution in [0.1, 0.15) is 20.8 Å². The molecule has 244 valence electrons. The predicted octanol–water partition coefficient (Wildman–Crippen LogP) is 3.33. The second kappa shape index (κ2) is 23.6. The molecule has 0 aliphatic carbocycles. The SMILES string of the molecule is COCCOCCOCCOCCOCCOCCOCCOCCO[Si](c1ccccc1)(c1ccccc1)C(C)(C)C. The largest absolute Gasteiger partial charge is 0.405 e. The van der Waals surface area contributed by atoms with Crippen LogP contribution in [-0.2, 0) is 42.3 Å². The fraction of sp³-hybridized carbons (Fsp3) is 0.636. The van der Waals surface area contributed by atoms with Crippen molar-refractivity contribution >= 4 is 18.7 Å². The van der Waals surface area contributed by atoms with Gasteiger partial charge < -0.3 is 42.3 Å². The van der Waals surface area contributed by atoms with Gasteiger partial charge in [-0.25, -0.2) is 0 Å². The number of hydrogen-bond acceptors (Lipinski definition) is 9. The average molecular weight is 623 g/mol. The lowest BCUT2D eigenvalue weighted by molar-refractivity contribution is -0.0227. The summed E-state index contributed by atoms with van der Waals surface area (Å²) < 4.78 is 50.5. The van der Waals surface area contributed by atoms with Crippen LogP contribution in [0.5, 0.6) is 0 Å². The predicted molar refractivity (Wildman–Crippen MR) is 171 cm³/mol. The van der Waals surface area contributed by atoms with Gasteiger partial charge in [-0.3, -0.25) is 0 Å². The molecule has 0 fully saturated rings. The molecule has 0 saturated heterocycles. The molecule has 0 heterocycles. The fourth-order valence-electron chi connectivity index (χ4n) is 4.58. The molecule has 0 radical (unpaired) electrons. The number of ether oxygens (including phenoxy) is 8. The minimum atomic E-state index is -2.52. The molecule has 0 saturated carbocycles. The summed E-state index contributed by atoms with van der Waals surface area (Å²) >= 11 is 0. The third-order valence-corrected chi connectivity index (χ3v) is 11.7. The Kier molecular flexibility index (Phi) is 20.6. The number of methoxy groups -OCH3 is 1. The van der Waals surface area contributed by atoms with Crippen LogP contribution in [0.4, 0.5) is 0 Å². The third-order valence-electron chi connectivity index (χ3n) is 6.63. The smallest absolute Gasteiger partial charge is 0.261 e. The summed E-state index contributed by atoms with van der Waals surface area (Å²) in [6.45, 7) is 15.4. The quantitative estimate of drug-likeness (QED) is 0.110. The Hall–Kier alpha value is -1.70. The van der Waals surface area contributed by atoms with Crippen molar-refractivity contribution in [2.24, 2.45) is 0 Å². The van der Waals surface area contributed by atoms with Crippen molar-refractivity contribution in [3.8, 4) is 0 Å². The van der Waals surface area contributed by atoms with Crippen LogP contribution in [0.15, 0.2) is 60.7 Å². The molecule has 2 aromatic carbocycles. The maximum atomic E-state index is 6.83. The van der Waals surface area contributed by atoms with Gasteiger partial charge in [0.2, 0.25) is 0 Å². The van der Waals surface area contributed by atoms with Gasteiger partial charge in [0.15, 0.2) is 0 Å². The number of rotatable bonds is 27. The average Bonchev–Trinajstić information content (AvgIpc) is 3.01. The molecule has 0 aliphatic heterocycles. The van der Waals surface area contributed by atoms with Gasteiger partial charge in [0, 0.05) is 7.11 Å². The molecular formula is C33H54O9Si. The Morgan fingerprint density at radius 2 is 0.698 bits per heavy atom. The molecule has 0 aliphatic rings. The van der Waals surface area contributed by atoms with E-state index in [9.17, 15) is 0 Å². The first kappa shape index (κ1) is 37.5. The summed E-state index contributed by atoms with van der Waals surface area (Å²) in [5.74, 6) is 0. The van der Waals surface area contributed by atoms with Crippen molar-refractivity contribution in [3.05, 3.63) is 60.7 Å². The van der Waals surface area contributed by atoms with Crippen molar-refractivity contribution in [2.45, 2.75) is 25.8 Å². The normalized spacial score (nSPS) is 12.2. The molecule has 43 heavy (non-hydrogen) atoms. The van der Waals surface area contributed by atoms with E-state index in [0.717, 1.165) is 0 Å². The van der Waals surface area contributed by atoms with Crippen molar-refractivity contribution in [3.63, 3.8) is 0 Å². The Morgan fingerprint density at radius 1 is 0.419 bits per heavy atom. The van der Waals surface area contributed by atoms with E-state index in [1.165, 1.54) is 10.4 Å². The first-order valence-electron chi connectivity index (χ1n) is 15.3. The van der Waals surface area contributed by atoms with Gasteiger partial charge in [0.05, 0.1) is 106 Å². The molecule has 0 atom stereocenters. The van der Waals surface area contributed by atoms with Gasteiger partial charge in [0.25, 0.3) is 8.32 Å². The maximum Gasteiger partial charge on any atom is 0.261 e. The van der Waals surface area contributed by atoms with Crippen LogP contribution in [0.25, 0.3) is 0 Å². The summed E-state index contributed by atoms with van der Waals surface area (Å²) in [5.41, 5.74) is 0. The zero-order chi connectivity index (χ0) is 30.9. The van der Waals surface area contributed by atoms with E-state index in [-0.39, 0.29) is 5.04 Å². The van der Waals surface area contributed by atoms with Crippen LogP contribution >= 0.6 is 0 Å². The molecule has 0 amide bonds. The highest BCUT2D eigenvalue weighted by molar-refractivity contribution is 6.99. The number of benzene rings is 2. The standard InChI is InChI=1S/C33H54O9Si/c1-33(2,3)43(31-11-7-5-8-12-31,32-13-9-6-10-14-32)42-30-29-41-28-27-40-26-25-39-24-23-38-22-21-37-20-19-36-18-17-35-16-15-34-4/h5-14H,15-30H2,1-4H3. The second-order valence-corrected chi connectivity index (χ2v) is 15.1. The van der Waals surface area contributed by atoms with Crippen molar-refractivity contribution < 1.29 is 42.3 Å². The van der Waals surface area contributed by atoms with Crippen LogP contribution in [0, 0.1) is 0 Å². The molecule has 0 unspecified atom stereocenters. The first-order valence-corrected chi connectivity index (χ1v) is 17.2. The molecule has 2 aromatic rings. The van der Waals surface area contributed by atoms with Gasteiger partial charge in [-0.2, -0.15) is 0 Å². The molecular weight excluding hydrogens is 568 g/mol. The van der Waals surface area contributed by atoms with E-state index < -0.39 is 8.32 Å². The Morgan fingerprint density at radius 3 is 0.977 bits per heavy atom. The van der Waals surface area contributed by atoms with Crippen LogP contribution < -0.4 is 10.4 Å². The molecule has 0 aromatic heterocycles. The summed E-state index contributed by atoms with van der Waals surface area (Å²) in [5, 5.41) is 2.49. The highest BCUT2D eigenvalue weighted by atomic mass is 28.4. The van der Waals surface area contributed by atoms with Crippen LogP contribution in [0.2, 0.25) is 5.04 Å². The van der Waals surface area contributed by atoms with E-state index in [0.29, 0.717) is 106 Å². The molecule has 0 bridgehead atoms. The summed E-state index contributed by atoms with van der Waals surface area (Å²) in [6.07, 6.45) is 0. The van der Waals surface area contributed by atoms with Gasteiger partial charge in [0.1, 0.15) is 0 Å². The molecule has 9 nitrogen and oxygen atoms in total. The molecule has 2 rings (SSSR count). The van der Waals surface area contributed by atoms with E-state index in [2.05, 4.69) is 81.4 Å². The van der Waals surface area contributed by atoms with Crippen LogP contribution in [-0.4, -0.2) is 121 Å². The summed E-state index contributed by atoms with van der Waals surface area (Å²) in [6, 6.07) is 21.3. The fourth-order valence-corrected chi connectivity index (χ4v) is 9.12. The summed E-state index contributed by atoms with van der Waals surface area (Å²) in [4.78, 5) is 0. The van der Waals surface area contributed by atoms with E-state index in [4.69, 9.17) is 42.3 Å². The number of hydrogen-bond donors (Lipinski definition) is 0. The highest BCUT2D eigenvalue weighted by Gasteiger charge is 2.49. The van der Waals surface area contributed by atoms with Gasteiger partial charge in [-0.1, -0.05) is 81.4 Å². The van der Waals surface area contributed by atoms with E-state index in [1.54, 1.807) is 7.11 Å². The zero-order valence-corrected chi connectivity index (χ0v) is 27.8. The lowest BCUT2D eigenvalue weighted by atomic mass is 10.2. The highest BCUT2D eigenvalue weighted by Crippen LogP contribution is 2.36. The summed E-state index contributed by atoms with van der Waals surface area (Å²) in [7, 11) is -0.874. The van der Waals surface area contributed by atoms with Crippen LogP contribution in [0.3, 0.4) is 0 Å². The lowest BCUT2D eigenvalue weighted by Gasteiger charge is -2.43. The van der Waals surface area contributed by atoms with E-state index in [1.807, 2.05) is 0 Å². The maximum absolute atomic E-state index is 6.83. The minimum Gasteiger partial charge on any atom is -0.405 e.